The molecule has 0 heterocycles. The number of hydrogen-bond acceptors (Lipinski definition) is 3. The molecule has 1 aliphatic carbocycles. The molecule has 4 heteroatoms. The Balaban J connectivity index is 0.00000112. The van der Waals surface area contributed by atoms with Crippen molar-refractivity contribution in [2.24, 2.45) is 5.73 Å². The lowest BCUT2D eigenvalue weighted by Gasteiger charge is -2.07. The number of esters is 1. The maximum atomic E-state index is 11.4. The molecule has 0 fully saturated rings. The van der Waals surface area contributed by atoms with Crippen LogP contribution in [0.1, 0.15) is 29.5 Å². The van der Waals surface area contributed by atoms with Crippen molar-refractivity contribution < 1.29 is 9.53 Å². The van der Waals surface area contributed by atoms with E-state index in [4.69, 9.17) is 10.5 Å². The molecule has 0 spiro atoms. The van der Waals surface area contributed by atoms with E-state index in [-0.39, 0.29) is 30.3 Å². The lowest BCUT2D eigenvalue weighted by molar-refractivity contribution is -0.142. The number of fused-ring (bicyclic) bond motifs is 1. The van der Waals surface area contributed by atoms with Crippen LogP contribution in [0.5, 0.6) is 0 Å². The third-order valence-electron chi connectivity index (χ3n) is 2.75. The molecule has 2 rings (SSSR count). The maximum Gasteiger partial charge on any atom is 0.313 e. The summed E-state index contributed by atoms with van der Waals surface area (Å²) in [5.41, 5.74) is 8.01. The number of nitrogens with two attached hydrogens (primary N) is 1. The number of carbonyl (C=O) groups excluding carboxylic acids is 1. The average molecular weight is 228 g/mol. The zero-order valence-electron chi connectivity index (χ0n) is 8.47. The Morgan fingerprint density at radius 3 is 2.60 bits per heavy atom. The smallest absolute Gasteiger partial charge is 0.313 e. The van der Waals surface area contributed by atoms with Gasteiger partial charge >= 0.3 is 5.97 Å². The molecule has 0 aromatic heterocycles. The molecule has 2 atom stereocenters. The molecule has 0 saturated heterocycles. The molecule has 0 saturated carbocycles. The van der Waals surface area contributed by atoms with Crippen molar-refractivity contribution in [2.75, 3.05) is 7.11 Å². The van der Waals surface area contributed by atoms with Gasteiger partial charge in [-0.25, -0.2) is 0 Å². The van der Waals surface area contributed by atoms with Gasteiger partial charge < -0.3 is 10.5 Å². The van der Waals surface area contributed by atoms with Gasteiger partial charge in [-0.15, -0.1) is 12.4 Å². The Kier molecular flexibility index (Phi) is 3.72. The van der Waals surface area contributed by atoms with Gasteiger partial charge in [0.1, 0.15) is 0 Å². The summed E-state index contributed by atoms with van der Waals surface area (Å²) in [6, 6.07) is 7.76. The third kappa shape index (κ3) is 1.98. The first-order chi connectivity index (χ1) is 6.74. The predicted octanol–water partition coefficient (Wildman–Crippen LogP) is 1.77. The zero-order valence-corrected chi connectivity index (χ0v) is 9.29. The topological polar surface area (TPSA) is 52.3 Å². The lowest BCUT2D eigenvalue weighted by atomic mass is 10.0. The van der Waals surface area contributed by atoms with E-state index in [1.165, 1.54) is 7.11 Å². The fourth-order valence-corrected chi connectivity index (χ4v) is 2.04. The SMILES string of the molecule is COC(=O)[C@@H]1C[C@H](N)c2ccccc21.Cl. The van der Waals surface area contributed by atoms with Crippen molar-refractivity contribution in [1.29, 1.82) is 0 Å². The summed E-state index contributed by atoms with van der Waals surface area (Å²) in [5.74, 6) is -0.364. The quantitative estimate of drug-likeness (QED) is 0.744. The summed E-state index contributed by atoms with van der Waals surface area (Å²) in [6.45, 7) is 0. The summed E-state index contributed by atoms with van der Waals surface area (Å²) in [6.07, 6.45) is 0.659. The van der Waals surface area contributed by atoms with Crippen LogP contribution in [0.3, 0.4) is 0 Å². The van der Waals surface area contributed by atoms with E-state index in [0.29, 0.717) is 6.42 Å². The molecule has 2 N–H and O–H groups in total. The highest BCUT2D eigenvalue weighted by Crippen LogP contribution is 2.39. The van der Waals surface area contributed by atoms with Gasteiger partial charge in [0.25, 0.3) is 0 Å². The summed E-state index contributed by atoms with van der Waals surface area (Å²) < 4.78 is 4.74. The van der Waals surface area contributed by atoms with Crippen molar-refractivity contribution in [3.8, 4) is 0 Å². The lowest BCUT2D eigenvalue weighted by Crippen LogP contribution is -2.12. The normalized spacial score (nSPS) is 22.8. The van der Waals surface area contributed by atoms with E-state index in [1.54, 1.807) is 0 Å². The Hall–Kier alpha value is -1.06. The third-order valence-corrected chi connectivity index (χ3v) is 2.75. The number of rotatable bonds is 1. The van der Waals surface area contributed by atoms with Crippen molar-refractivity contribution in [2.45, 2.75) is 18.4 Å². The molecule has 82 valence electrons. The minimum absolute atomic E-state index is 0. The first-order valence-electron chi connectivity index (χ1n) is 4.66. The van der Waals surface area contributed by atoms with Crippen molar-refractivity contribution >= 4 is 18.4 Å². The van der Waals surface area contributed by atoms with E-state index in [9.17, 15) is 4.79 Å². The number of hydrogen-bond donors (Lipinski definition) is 1. The minimum Gasteiger partial charge on any atom is -0.469 e. The van der Waals surface area contributed by atoms with E-state index in [2.05, 4.69) is 0 Å². The van der Waals surface area contributed by atoms with Crippen LogP contribution in [0.15, 0.2) is 24.3 Å². The Bertz CT molecular complexity index is 367. The van der Waals surface area contributed by atoms with Gasteiger partial charge in [-0.3, -0.25) is 4.79 Å². The summed E-state index contributed by atoms with van der Waals surface area (Å²) in [4.78, 5) is 11.4. The number of methoxy groups -OCH3 is 1. The van der Waals surface area contributed by atoms with Gasteiger partial charge in [0.15, 0.2) is 0 Å². The highest BCUT2D eigenvalue weighted by Gasteiger charge is 2.33. The summed E-state index contributed by atoms with van der Waals surface area (Å²) in [5, 5.41) is 0. The molecular weight excluding hydrogens is 214 g/mol. The highest BCUT2D eigenvalue weighted by molar-refractivity contribution is 5.85. The van der Waals surface area contributed by atoms with Crippen molar-refractivity contribution in [3.05, 3.63) is 35.4 Å². The molecule has 1 aromatic carbocycles. The van der Waals surface area contributed by atoms with Crippen LogP contribution in [0, 0.1) is 0 Å². The van der Waals surface area contributed by atoms with Gasteiger partial charge in [0, 0.05) is 6.04 Å². The summed E-state index contributed by atoms with van der Waals surface area (Å²) in [7, 11) is 1.41. The van der Waals surface area contributed by atoms with Crippen LogP contribution >= 0.6 is 12.4 Å². The predicted molar refractivity (Wildman–Crippen MR) is 60.0 cm³/mol. The Morgan fingerprint density at radius 1 is 1.40 bits per heavy atom. The van der Waals surface area contributed by atoms with E-state index in [1.807, 2.05) is 24.3 Å². The van der Waals surface area contributed by atoms with Crippen molar-refractivity contribution in [3.63, 3.8) is 0 Å². The fraction of sp³-hybridized carbons (Fsp3) is 0.364. The zero-order chi connectivity index (χ0) is 10.1. The standard InChI is InChI=1S/C11H13NO2.ClH/c1-14-11(13)9-6-10(12)8-5-3-2-4-7(8)9;/h2-5,9-10H,6,12H2,1H3;1H/t9-,10+;/m1./s1. The largest absolute Gasteiger partial charge is 0.469 e. The second-order valence-corrected chi connectivity index (χ2v) is 3.55. The van der Waals surface area contributed by atoms with Crippen molar-refractivity contribution in [1.82, 2.24) is 0 Å². The highest BCUT2D eigenvalue weighted by atomic mass is 35.5. The monoisotopic (exact) mass is 227 g/mol. The number of ether oxygens (including phenoxy) is 1. The van der Waals surface area contributed by atoms with Crippen LogP contribution in [-0.2, 0) is 9.53 Å². The van der Waals surface area contributed by atoms with Gasteiger partial charge in [0.2, 0.25) is 0 Å². The van der Waals surface area contributed by atoms with Gasteiger partial charge in [-0.1, -0.05) is 24.3 Å². The molecule has 1 aliphatic rings. The molecule has 0 bridgehead atoms. The van der Waals surface area contributed by atoms with Crippen LogP contribution in [-0.4, -0.2) is 13.1 Å². The first kappa shape index (κ1) is 12.0. The molecule has 0 aliphatic heterocycles. The summed E-state index contributed by atoms with van der Waals surface area (Å²) >= 11 is 0. The number of halogens is 1. The van der Waals surface area contributed by atoms with Gasteiger partial charge in [-0.05, 0) is 17.5 Å². The Morgan fingerprint density at radius 2 is 2.00 bits per heavy atom. The second kappa shape index (κ2) is 4.64. The second-order valence-electron chi connectivity index (χ2n) is 3.55. The maximum absolute atomic E-state index is 11.4. The van der Waals surface area contributed by atoms with E-state index < -0.39 is 0 Å². The Labute approximate surface area is 95.0 Å². The fourth-order valence-electron chi connectivity index (χ4n) is 2.04. The van der Waals surface area contributed by atoms with Crippen LogP contribution in [0.2, 0.25) is 0 Å². The van der Waals surface area contributed by atoms with E-state index >= 15 is 0 Å². The molecule has 15 heavy (non-hydrogen) atoms. The van der Waals surface area contributed by atoms with Gasteiger partial charge in [-0.2, -0.15) is 0 Å². The molecule has 3 nitrogen and oxygen atoms in total. The molecule has 0 amide bonds. The molecule has 0 unspecified atom stereocenters. The molecule has 0 radical (unpaired) electrons. The van der Waals surface area contributed by atoms with Gasteiger partial charge in [0.05, 0.1) is 13.0 Å². The van der Waals surface area contributed by atoms with Crippen LogP contribution in [0.25, 0.3) is 0 Å². The first-order valence-corrected chi connectivity index (χ1v) is 4.66. The molecule has 1 aromatic rings. The van der Waals surface area contributed by atoms with E-state index in [0.717, 1.165) is 11.1 Å². The number of benzene rings is 1. The minimum atomic E-state index is -0.189. The van der Waals surface area contributed by atoms with Crippen LogP contribution < -0.4 is 5.73 Å². The van der Waals surface area contributed by atoms with Crippen LogP contribution in [0.4, 0.5) is 0 Å². The number of carbonyl (C=O) groups is 1. The molecular formula is C11H14ClNO2. The average Bonchev–Trinajstić information content (AvgIpc) is 2.56.